The first-order valence-electron chi connectivity index (χ1n) is 4.23. The molecule has 0 N–H and O–H groups in total. The molecule has 1 aromatic rings. The molecule has 2 nitrogen and oxygen atoms in total. The molecule has 0 spiro atoms. The third kappa shape index (κ3) is 1.75. The van der Waals surface area contributed by atoms with Crippen molar-refractivity contribution < 1.29 is 4.79 Å². The van der Waals surface area contributed by atoms with Crippen LogP contribution in [0.4, 0.5) is 0 Å². The van der Waals surface area contributed by atoms with E-state index in [1.54, 1.807) is 6.07 Å². The van der Waals surface area contributed by atoms with Gasteiger partial charge in [0.15, 0.2) is 5.78 Å². The molecule has 2 heteroatoms. The van der Waals surface area contributed by atoms with E-state index in [0.29, 0.717) is 11.1 Å². The average molecular weight is 173 g/mol. The number of aryl methyl sites for hydroxylation is 1. The van der Waals surface area contributed by atoms with Crippen molar-refractivity contribution in [3.63, 3.8) is 0 Å². The minimum atomic E-state index is -0.0492. The summed E-state index contributed by atoms with van der Waals surface area (Å²) in [5.74, 6) is -0.0492. The van der Waals surface area contributed by atoms with E-state index >= 15 is 0 Å². The highest BCUT2D eigenvalue weighted by Crippen LogP contribution is 2.14. The van der Waals surface area contributed by atoms with E-state index in [1.165, 1.54) is 6.92 Å². The van der Waals surface area contributed by atoms with Crippen LogP contribution in [0.1, 0.15) is 35.3 Å². The molecule has 0 radical (unpaired) electrons. The van der Waals surface area contributed by atoms with Crippen LogP contribution in [0.3, 0.4) is 0 Å². The minimum absolute atomic E-state index is 0.0492. The van der Waals surface area contributed by atoms with Crippen molar-refractivity contribution in [2.24, 2.45) is 0 Å². The molecule has 0 fully saturated rings. The molecule has 0 aromatic heterocycles. The summed E-state index contributed by atoms with van der Waals surface area (Å²) in [6, 6.07) is 7.47. The lowest BCUT2D eigenvalue weighted by molar-refractivity contribution is 0.101. The van der Waals surface area contributed by atoms with Crippen LogP contribution in [0.25, 0.3) is 0 Å². The predicted octanol–water partition coefficient (Wildman–Crippen LogP) is 2.32. The van der Waals surface area contributed by atoms with Gasteiger partial charge >= 0.3 is 0 Å². The largest absolute Gasteiger partial charge is 0.294 e. The fourth-order valence-corrected chi connectivity index (χ4v) is 1.32. The van der Waals surface area contributed by atoms with Crippen LogP contribution in [-0.2, 0) is 6.42 Å². The Kier molecular flexibility index (Phi) is 2.81. The number of hydrogen-bond acceptors (Lipinski definition) is 2. The number of carbonyl (C=O) groups is 1. The number of rotatable bonds is 2. The highest BCUT2D eigenvalue weighted by atomic mass is 16.1. The summed E-state index contributed by atoms with van der Waals surface area (Å²) in [5.41, 5.74) is 1.99. The van der Waals surface area contributed by atoms with Gasteiger partial charge in [0.25, 0.3) is 0 Å². The van der Waals surface area contributed by atoms with Gasteiger partial charge in [-0.25, -0.2) is 0 Å². The molecule has 0 aliphatic carbocycles. The standard InChI is InChI=1S/C11H11NO/c1-3-9-5-4-6-10(8(2)13)11(9)7-12/h4-6H,3H2,1-2H3. The first kappa shape index (κ1) is 9.47. The lowest BCUT2D eigenvalue weighted by Crippen LogP contribution is -1.99. The van der Waals surface area contributed by atoms with Crippen LogP contribution in [-0.4, -0.2) is 5.78 Å². The van der Waals surface area contributed by atoms with E-state index in [-0.39, 0.29) is 5.78 Å². The second-order valence-electron chi connectivity index (χ2n) is 2.86. The van der Waals surface area contributed by atoms with Gasteiger partial charge < -0.3 is 0 Å². The highest BCUT2D eigenvalue weighted by Gasteiger charge is 2.09. The van der Waals surface area contributed by atoms with Gasteiger partial charge in [0.1, 0.15) is 6.07 Å². The zero-order valence-corrected chi connectivity index (χ0v) is 7.79. The number of carbonyl (C=O) groups excluding carboxylic acids is 1. The van der Waals surface area contributed by atoms with Gasteiger partial charge in [-0.3, -0.25) is 4.79 Å². The molecule has 13 heavy (non-hydrogen) atoms. The highest BCUT2D eigenvalue weighted by molar-refractivity contribution is 5.96. The van der Waals surface area contributed by atoms with Gasteiger partial charge in [-0.2, -0.15) is 5.26 Å². The molecule has 0 unspecified atom stereocenters. The van der Waals surface area contributed by atoms with Crippen LogP contribution >= 0.6 is 0 Å². The van der Waals surface area contributed by atoms with Crippen molar-refractivity contribution in [3.8, 4) is 6.07 Å². The van der Waals surface area contributed by atoms with Gasteiger partial charge in [-0.1, -0.05) is 25.1 Å². The molecule has 0 atom stereocenters. The molecular weight excluding hydrogens is 162 g/mol. The molecule has 0 heterocycles. The normalized spacial score (nSPS) is 9.31. The Morgan fingerprint density at radius 1 is 1.54 bits per heavy atom. The molecule has 0 aliphatic heterocycles. The van der Waals surface area contributed by atoms with Crippen LogP contribution in [0.5, 0.6) is 0 Å². The monoisotopic (exact) mass is 173 g/mol. The lowest BCUT2D eigenvalue weighted by Gasteiger charge is -2.03. The first-order valence-corrected chi connectivity index (χ1v) is 4.23. The second kappa shape index (κ2) is 3.86. The maximum absolute atomic E-state index is 11.1. The Morgan fingerprint density at radius 2 is 2.23 bits per heavy atom. The van der Waals surface area contributed by atoms with Gasteiger partial charge in [0, 0.05) is 5.56 Å². The summed E-state index contributed by atoms with van der Waals surface area (Å²) in [4.78, 5) is 11.1. The Morgan fingerprint density at radius 3 is 2.69 bits per heavy atom. The van der Waals surface area contributed by atoms with Crippen LogP contribution in [0.15, 0.2) is 18.2 Å². The van der Waals surface area contributed by atoms with Crippen LogP contribution in [0.2, 0.25) is 0 Å². The zero-order chi connectivity index (χ0) is 9.84. The fraction of sp³-hybridized carbons (Fsp3) is 0.273. The van der Waals surface area contributed by atoms with Crippen LogP contribution < -0.4 is 0 Å². The molecule has 0 bridgehead atoms. The van der Waals surface area contributed by atoms with Crippen molar-refractivity contribution in [2.75, 3.05) is 0 Å². The summed E-state index contributed by atoms with van der Waals surface area (Å²) < 4.78 is 0. The fourth-order valence-electron chi connectivity index (χ4n) is 1.32. The minimum Gasteiger partial charge on any atom is -0.294 e. The summed E-state index contributed by atoms with van der Waals surface area (Å²) in [7, 11) is 0. The van der Waals surface area contributed by atoms with E-state index in [0.717, 1.165) is 12.0 Å². The second-order valence-corrected chi connectivity index (χ2v) is 2.86. The van der Waals surface area contributed by atoms with E-state index in [9.17, 15) is 4.79 Å². The first-order chi connectivity index (χ1) is 6.20. The van der Waals surface area contributed by atoms with Gasteiger partial charge in [-0.05, 0) is 18.9 Å². The van der Waals surface area contributed by atoms with E-state index < -0.39 is 0 Å². The Balaban J connectivity index is 3.38. The smallest absolute Gasteiger partial charge is 0.161 e. The third-order valence-electron chi connectivity index (χ3n) is 2.02. The molecule has 0 aliphatic rings. The molecule has 0 saturated heterocycles. The number of hydrogen-bond donors (Lipinski definition) is 0. The summed E-state index contributed by atoms with van der Waals surface area (Å²) >= 11 is 0. The van der Waals surface area contributed by atoms with Crippen molar-refractivity contribution in [1.82, 2.24) is 0 Å². The van der Waals surface area contributed by atoms with Crippen molar-refractivity contribution in [2.45, 2.75) is 20.3 Å². The number of benzene rings is 1. The van der Waals surface area contributed by atoms with E-state index in [4.69, 9.17) is 5.26 Å². The van der Waals surface area contributed by atoms with Crippen molar-refractivity contribution in [3.05, 3.63) is 34.9 Å². The Bertz CT molecular complexity index is 374. The molecule has 0 amide bonds. The number of nitrogens with zero attached hydrogens (tertiary/aromatic N) is 1. The number of nitriles is 1. The molecule has 66 valence electrons. The summed E-state index contributed by atoms with van der Waals surface area (Å²) in [6.07, 6.45) is 0.782. The number of Topliss-reactive ketones (excluding diaryl/α,β-unsaturated/α-hetero) is 1. The zero-order valence-electron chi connectivity index (χ0n) is 7.79. The topological polar surface area (TPSA) is 40.9 Å². The quantitative estimate of drug-likeness (QED) is 0.644. The maximum atomic E-state index is 11.1. The lowest BCUT2D eigenvalue weighted by atomic mass is 9.98. The summed E-state index contributed by atoms with van der Waals surface area (Å²) in [6.45, 7) is 3.45. The third-order valence-corrected chi connectivity index (χ3v) is 2.02. The molecule has 1 aromatic carbocycles. The summed E-state index contributed by atoms with van der Waals surface area (Å²) in [5, 5.41) is 8.88. The van der Waals surface area contributed by atoms with Crippen LogP contribution in [0, 0.1) is 11.3 Å². The van der Waals surface area contributed by atoms with Crippen molar-refractivity contribution >= 4 is 5.78 Å². The van der Waals surface area contributed by atoms with E-state index in [2.05, 4.69) is 6.07 Å². The average Bonchev–Trinajstić information content (AvgIpc) is 2.16. The molecule has 0 saturated carbocycles. The number of ketones is 1. The SMILES string of the molecule is CCc1cccc(C(C)=O)c1C#N. The Labute approximate surface area is 77.8 Å². The predicted molar refractivity (Wildman–Crippen MR) is 50.5 cm³/mol. The van der Waals surface area contributed by atoms with Gasteiger partial charge in [0.05, 0.1) is 5.56 Å². The van der Waals surface area contributed by atoms with Crippen molar-refractivity contribution in [1.29, 1.82) is 5.26 Å². The maximum Gasteiger partial charge on any atom is 0.161 e. The molecular formula is C11H11NO. The Hall–Kier alpha value is -1.62. The molecule has 1 rings (SSSR count). The van der Waals surface area contributed by atoms with E-state index in [1.807, 2.05) is 19.1 Å². The van der Waals surface area contributed by atoms with Gasteiger partial charge in [0.2, 0.25) is 0 Å². The van der Waals surface area contributed by atoms with Gasteiger partial charge in [-0.15, -0.1) is 0 Å².